The van der Waals surface area contributed by atoms with Crippen molar-refractivity contribution in [1.29, 1.82) is 0 Å². The highest BCUT2D eigenvalue weighted by Crippen LogP contribution is 2.26. The van der Waals surface area contributed by atoms with E-state index >= 15 is 0 Å². The molecule has 0 atom stereocenters. The maximum atomic E-state index is 12.1. The molecule has 1 aliphatic rings. The minimum Gasteiger partial charge on any atom is -0.351 e. The first kappa shape index (κ1) is 16.0. The van der Waals surface area contributed by atoms with Gasteiger partial charge in [-0.3, -0.25) is 4.79 Å². The molecule has 0 unspecified atom stereocenters. The first-order valence-electron chi connectivity index (χ1n) is 8.21. The molecule has 1 fully saturated rings. The Labute approximate surface area is 128 Å². The predicted octanol–water partition coefficient (Wildman–Crippen LogP) is 2.75. The molecule has 3 nitrogen and oxygen atoms in total. The van der Waals surface area contributed by atoms with Crippen LogP contribution in [-0.2, 0) is 11.2 Å². The number of nitrogens with one attached hydrogen (secondary N) is 1. The van der Waals surface area contributed by atoms with Crippen LogP contribution in [0.15, 0.2) is 30.3 Å². The molecule has 116 valence electrons. The molecule has 0 heterocycles. The Hall–Kier alpha value is -1.35. The van der Waals surface area contributed by atoms with Crippen molar-refractivity contribution in [3.63, 3.8) is 0 Å². The number of nitrogens with zero attached hydrogens (tertiary/aromatic N) is 1. The van der Waals surface area contributed by atoms with Crippen LogP contribution in [0.4, 0.5) is 0 Å². The van der Waals surface area contributed by atoms with Crippen LogP contribution in [0.5, 0.6) is 0 Å². The van der Waals surface area contributed by atoms with E-state index in [-0.39, 0.29) is 5.91 Å². The van der Waals surface area contributed by atoms with Gasteiger partial charge in [0.25, 0.3) is 5.91 Å². The molecule has 1 aromatic rings. The number of quaternary nitrogens is 1. The van der Waals surface area contributed by atoms with Gasteiger partial charge in [0.05, 0.1) is 20.1 Å². The Kier molecular flexibility index (Phi) is 5.80. The van der Waals surface area contributed by atoms with Crippen LogP contribution in [0.3, 0.4) is 0 Å². The van der Waals surface area contributed by atoms with Gasteiger partial charge < -0.3 is 9.80 Å². The summed E-state index contributed by atoms with van der Waals surface area (Å²) >= 11 is 0. The second-order valence-corrected chi connectivity index (χ2v) is 6.81. The smallest absolute Gasteiger partial charge is 0.275 e. The summed E-state index contributed by atoms with van der Waals surface area (Å²) in [5, 5.41) is 3.08. The Morgan fingerprint density at radius 1 is 1.19 bits per heavy atom. The van der Waals surface area contributed by atoms with Crippen LogP contribution in [0, 0.1) is 0 Å². The third-order valence-electron chi connectivity index (χ3n) is 4.67. The summed E-state index contributed by atoms with van der Waals surface area (Å²) in [4.78, 5) is 12.1. The van der Waals surface area contributed by atoms with Crippen LogP contribution in [0.2, 0.25) is 0 Å². The summed E-state index contributed by atoms with van der Waals surface area (Å²) in [5.41, 5.74) is 1.34. The van der Waals surface area contributed by atoms with Crippen LogP contribution >= 0.6 is 0 Å². The number of hydrogen-bond donors (Lipinski definition) is 1. The fourth-order valence-corrected chi connectivity index (χ4v) is 3.32. The third kappa shape index (κ3) is 5.16. The fraction of sp³-hybridized carbons (Fsp3) is 0.611. The van der Waals surface area contributed by atoms with Gasteiger partial charge in [0, 0.05) is 6.54 Å². The van der Waals surface area contributed by atoms with Crippen molar-refractivity contribution in [2.75, 3.05) is 27.2 Å². The van der Waals surface area contributed by atoms with Gasteiger partial charge >= 0.3 is 0 Å². The second kappa shape index (κ2) is 7.60. The maximum absolute atomic E-state index is 12.1. The van der Waals surface area contributed by atoms with Gasteiger partial charge in [-0.25, -0.2) is 0 Å². The van der Waals surface area contributed by atoms with Gasteiger partial charge in [-0.05, 0) is 44.1 Å². The predicted molar refractivity (Wildman–Crippen MR) is 87.0 cm³/mol. The summed E-state index contributed by atoms with van der Waals surface area (Å²) < 4.78 is 0.838. The molecule has 1 amide bonds. The molecule has 0 aromatic heterocycles. The van der Waals surface area contributed by atoms with Gasteiger partial charge in [0.15, 0.2) is 6.54 Å². The number of rotatable bonds is 7. The fourth-order valence-electron chi connectivity index (χ4n) is 3.32. The highest BCUT2D eigenvalue weighted by molar-refractivity contribution is 5.77. The second-order valence-electron chi connectivity index (χ2n) is 6.81. The van der Waals surface area contributed by atoms with Crippen LogP contribution in [-0.4, -0.2) is 43.6 Å². The van der Waals surface area contributed by atoms with E-state index in [0.717, 1.165) is 23.9 Å². The molecule has 1 aromatic carbocycles. The average molecular weight is 289 g/mol. The van der Waals surface area contributed by atoms with E-state index in [1.807, 2.05) is 6.07 Å². The molecule has 0 spiro atoms. The van der Waals surface area contributed by atoms with Crippen molar-refractivity contribution in [2.45, 2.75) is 44.6 Å². The molecule has 1 aliphatic carbocycles. The Bertz CT molecular complexity index is 436. The van der Waals surface area contributed by atoms with E-state index < -0.39 is 0 Å². The van der Waals surface area contributed by atoms with Crippen LogP contribution in [0.25, 0.3) is 0 Å². The van der Waals surface area contributed by atoms with Crippen LogP contribution < -0.4 is 5.32 Å². The largest absolute Gasteiger partial charge is 0.351 e. The molecule has 2 rings (SSSR count). The number of hydrogen-bond acceptors (Lipinski definition) is 1. The lowest BCUT2D eigenvalue weighted by atomic mass is 10.1. The van der Waals surface area contributed by atoms with E-state index in [1.165, 1.54) is 31.2 Å². The van der Waals surface area contributed by atoms with Crippen molar-refractivity contribution in [3.05, 3.63) is 35.9 Å². The normalized spacial score (nSPS) is 16.1. The quantitative estimate of drug-likeness (QED) is 0.607. The summed E-state index contributed by atoms with van der Waals surface area (Å²) in [7, 11) is 4.39. The highest BCUT2D eigenvalue weighted by Gasteiger charge is 2.32. The van der Waals surface area contributed by atoms with E-state index in [0.29, 0.717) is 12.6 Å². The number of likely N-dealkylation sites (N-methyl/N-ethyl adjacent to an activating group) is 1. The molecule has 1 saturated carbocycles. The van der Waals surface area contributed by atoms with E-state index in [4.69, 9.17) is 0 Å². The van der Waals surface area contributed by atoms with Gasteiger partial charge in [-0.2, -0.15) is 0 Å². The molecular formula is C18H29N2O+. The van der Waals surface area contributed by atoms with E-state index in [2.05, 4.69) is 43.7 Å². The zero-order valence-corrected chi connectivity index (χ0v) is 13.5. The van der Waals surface area contributed by atoms with Gasteiger partial charge in [-0.1, -0.05) is 30.3 Å². The van der Waals surface area contributed by atoms with Crippen molar-refractivity contribution < 1.29 is 9.28 Å². The zero-order valence-electron chi connectivity index (χ0n) is 13.5. The number of carbonyl (C=O) groups excluding carboxylic acids is 1. The molecule has 3 heteroatoms. The van der Waals surface area contributed by atoms with E-state index in [1.54, 1.807) is 0 Å². The number of carbonyl (C=O) groups is 1. The van der Waals surface area contributed by atoms with E-state index in [9.17, 15) is 4.79 Å². The number of benzene rings is 1. The minimum atomic E-state index is 0.194. The Morgan fingerprint density at radius 2 is 1.86 bits per heavy atom. The van der Waals surface area contributed by atoms with Crippen molar-refractivity contribution in [1.82, 2.24) is 5.32 Å². The lowest BCUT2D eigenvalue weighted by molar-refractivity contribution is -0.906. The first-order valence-corrected chi connectivity index (χ1v) is 8.21. The summed E-state index contributed by atoms with van der Waals surface area (Å²) in [5.74, 6) is 0.194. The third-order valence-corrected chi connectivity index (χ3v) is 4.67. The molecule has 1 N–H and O–H groups in total. The molecule has 0 aliphatic heterocycles. The SMILES string of the molecule is C[N+](C)(CC(=O)NCCCc1ccccc1)C1CCCC1. The maximum Gasteiger partial charge on any atom is 0.275 e. The molecule has 0 radical (unpaired) electrons. The number of aryl methyl sites for hydroxylation is 1. The first-order chi connectivity index (χ1) is 10.1. The number of amides is 1. The van der Waals surface area contributed by atoms with Gasteiger partial charge in [-0.15, -0.1) is 0 Å². The molecule has 0 bridgehead atoms. The monoisotopic (exact) mass is 289 g/mol. The summed E-state index contributed by atoms with van der Waals surface area (Å²) in [6, 6.07) is 11.1. The lowest BCUT2D eigenvalue weighted by Gasteiger charge is -2.35. The summed E-state index contributed by atoms with van der Waals surface area (Å²) in [6.45, 7) is 1.38. The van der Waals surface area contributed by atoms with Crippen molar-refractivity contribution >= 4 is 5.91 Å². The van der Waals surface area contributed by atoms with Crippen molar-refractivity contribution in [2.24, 2.45) is 0 Å². The van der Waals surface area contributed by atoms with Crippen LogP contribution in [0.1, 0.15) is 37.7 Å². The van der Waals surface area contributed by atoms with Gasteiger partial charge in [0.1, 0.15) is 0 Å². The summed E-state index contributed by atoms with van der Waals surface area (Å²) in [6.07, 6.45) is 7.23. The molecular weight excluding hydrogens is 260 g/mol. The average Bonchev–Trinajstić information content (AvgIpc) is 2.99. The Morgan fingerprint density at radius 3 is 2.52 bits per heavy atom. The lowest BCUT2D eigenvalue weighted by Crippen LogP contribution is -2.53. The molecule has 21 heavy (non-hydrogen) atoms. The van der Waals surface area contributed by atoms with Gasteiger partial charge in [0.2, 0.25) is 0 Å². The zero-order chi connectivity index (χ0) is 15.1. The highest BCUT2D eigenvalue weighted by atomic mass is 16.2. The Balaban J connectivity index is 1.65. The molecule has 0 saturated heterocycles. The van der Waals surface area contributed by atoms with Crippen molar-refractivity contribution in [3.8, 4) is 0 Å². The minimum absolute atomic E-state index is 0.194. The topological polar surface area (TPSA) is 29.1 Å². The standard InChI is InChI=1S/C18H28N2O/c1-20(2,17-12-6-7-13-17)15-18(21)19-14-8-11-16-9-4-3-5-10-16/h3-5,9-10,17H,6-8,11-15H2,1-2H3/p+1.